The average molecular weight is 180 g/mol. The lowest BCUT2D eigenvalue weighted by Crippen LogP contribution is -2.21. The first kappa shape index (κ1) is 8.69. The third-order valence-corrected chi connectivity index (χ3v) is 2.66. The first-order valence-corrected chi connectivity index (χ1v) is 4.92. The molecule has 1 N–H and O–H groups in total. The average Bonchev–Trinajstić information content (AvgIpc) is 2.43. The van der Waals surface area contributed by atoms with E-state index in [4.69, 9.17) is 0 Å². The van der Waals surface area contributed by atoms with Gasteiger partial charge in [0.25, 0.3) is 0 Å². The second kappa shape index (κ2) is 3.87. The largest absolute Gasteiger partial charge is 0.316 e. The van der Waals surface area contributed by atoms with Crippen LogP contribution in [-0.2, 0) is 7.05 Å². The molecule has 1 unspecified atom stereocenters. The third kappa shape index (κ3) is 1.88. The van der Waals surface area contributed by atoms with Crippen LogP contribution in [0.25, 0.3) is 0 Å². The fourth-order valence-electron chi connectivity index (χ4n) is 1.91. The Labute approximate surface area is 78.4 Å². The molecule has 1 aromatic heterocycles. The van der Waals surface area contributed by atoms with Crippen molar-refractivity contribution in [3.63, 3.8) is 0 Å². The van der Waals surface area contributed by atoms with Gasteiger partial charge in [0.05, 0.1) is 0 Å². The second-order valence-electron chi connectivity index (χ2n) is 3.64. The molecule has 4 heteroatoms. The van der Waals surface area contributed by atoms with Gasteiger partial charge in [0.15, 0.2) is 0 Å². The summed E-state index contributed by atoms with van der Waals surface area (Å²) in [5.74, 6) is 1.67. The van der Waals surface area contributed by atoms with E-state index in [9.17, 15) is 0 Å². The Morgan fingerprint density at radius 2 is 2.46 bits per heavy atom. The highest BCUT2D eigenvalue weighted by Crippen LogP contribution is 2.20. The van der Waals surface area contributed by atoms with Crippen molar-refractivity contribution >= 4 is 0 Å². The summed E-state index contributed by atoms with van der Waals surface area (Å²) in [5.41, 5.74) is 0. The first-order chi connectivity index (χ1) is 6.38. The van der Waals surface area contributed by atoms with Crippen molar-refractivity contribution in [2.24, 2.45) is 7.05 Å². The molecule has 1 aliphatic rings. The molecule has 0 aliphatic carbocycles. The monoisotopic (exact) mass is 180 g/mol. The van der Waals surface area contributed by atoms with Crippen molar-refractivity contribution in [2.75, 3.05) is 13.1 Å². The number of aromatic nitrogens is 3. The minimum atomic E-state index is 0.551. The summed E-state index contributed by atoms with van der Waals surface area (Å²) in [5, 5.41) is 7.53. The van der Waals surface area contributed by atoms with Crippen molar-refractivity contribution in [3.8, 4) is 0 Å². The smallest absolute Gasteiger partial charge is 0.138 e. The standard InChI is InChI=1S/C9H16N4/c1-13-9(11-7-12-13)8-4-2-3-5-10-6-8/h7-8,10H,2-6H2,1H3. The van der Waals surface area contributed by atoms with Crippen LogP contribution >= 0.6 is 0 Å². The summed E-state index contributed by atoms with van der Waals surface area (Å²) in [4.78, 5) is 4.29. The van der Waals surface area contributed by atoms with Crippen molar-refractivity contribution in [2.45, 2.75) is 25.2 Å². The normalized spacial score (nSPS) is 24.2. The van der Waals surface area contributed by atoms with Crippen LogP contribution in [0.1, 0.15) is 31.0 Å². The van der Waals surface area contributed by atoms with Crippen LogP contribution in [0, 0.1) is 0 Å². The molecule has 1 atom stereocenters. The number of nitrogens with zero attached hydrogens (tertiary/aromatic N) is 3. The topological polar surface area (TPSA) is 42.7 Å². The van der Waals surface area contributed by atoms with Crippen LogP contribution in [0.5, 0.6) is 0 Å². The minimum absolute atomic E-state index is 0.551. The molecule has 0 aromatic carbocycles. The molecule has 72 valence electrons. The molecule has 2 rings (SSSR count). The van der Waals surface area contributed by atoms with E-state index >= 15 is 0 Å². The van der Waals surface area contributed by atoms with Gasteiger partial charge in [-0.25, -0.2) is 4.98 Å². The fourth-order valence-corrected chi connectivity index (χ4v) is 1.91. The lowest BCUT2D eigenvalue weighted by molar-refractivity contribution is 0.543. The Balaban J connectivity index is 2.10. The molecule has 1 fully saturated rings. The van der Waals surface area contributed by atoms with Gasteiger partial charge in [-0.05, 0) is 19.4 Å². The van der Waals surface area contributed by atoms with E-state index < -0.39 is 0 Å². The molecule has 13 heavy (non-hydrogen) atoms. The predicted molar refractivity (Wildman–Crippen MR) is 50.5 cm³/mol. The molecular weight excluding hydrogens is 164 g/mol. The van der Waals surface area contributed by atoms with Crippen LogP contribution in [-0.4, -0.2) is 27.9 Å². The quantitative estimate of drug-likeness (QED) is 0.691. The number of hydrogen-bond acceptors (Lipinski definition) is 3. The van der Waals surface area contributed by atoms with Gasteiger partial charge in [0, 0.05) is 19.5 Å². The van der Waals surface area contributed by atoms with E-state index in [-0.39, 0.29) is 0 Å². The zero-order valence-corrected chi connectivity index (χ0v) is 8.03. The van der Waals surface area contributed by atoms with Crippen molar-refractivity contribution in [3.05, 3.63) is 12.2 Å². The molecule has 0 amide bonds. The SMILES string of the molecule is Cn1ncnc1C1CCCCNC1. The number of hydrogen-bond donors (Lipinski definition) is 1. The first-order valence-electron chi connectivity index (χ1n) is 4.92. The molecule has 1 saturated heterocycles. The lowest BCUT2D eigenvalue weighted by Gasteiger charge is -2.12. The van der Waals surface area contributed by atoms with E-state index in [0.717, 1.165) is 18.9 Å². The lowest BCUT2D eigenvalue weighted by atomic mass is 10.0. The van der Waals surface area contributed by atoms with Crippen molar-refractivity contribution in [1.29, 1.82) is 0 Å². The van der Waals surface area contributed by atoms with E-state index in [1.54, 1.807) is 6.33 Å². The van der Waals surface area contributed by atoms with Gasteiger partial charge in [-0.1, -0.05) is 6.42 Å². The van der Waals surface area contributed by atoms with Gasteiger partial charge in [0.2, 0.25) is 0 Å². The summed E-state index contributed by atoms with van der Waals surface area (Å²) < 4.78 is 1.89. The van der Waals surface area contributed by atoms with E-state index in [1.807, 2.05) is 11.7 Å². The molecule has 1 aliphatic heterocycles. The highest BCUT2D eigenvalue weighted by Gasteiger charge is 2.17. The Morgan fingerprint density at radius 3 is 3.23 bits per heavy atom. The highest BCUT2D eigenvalue weighted by molar-refractivity contribution is 4.97. The van der Waals surface area contributed by atoms with Gasteiger partial charge in [-0.15, -0.1) is 0 Å². The minimum Gasteiger partial charge on any atom is -0.316 e. The summed E-state index contributed by atoms with van der Waals surface area (Å²) in [6.45, 7) is 2.20. The van der Waals surface area contributed by atoms with Crippen molar-refractivity contribution < 1.29 is 0 Å². The molecular formula is C9H16N4. The summed E-state index contributed by atoms with van der Waals surface area (Å²) in [6.07, 6.45) is 5.46. The van der Waals surface area contributed by atoms with E-state index in [1.165, 1.54) is 19.3 Å². The molecule has 0 radical (unpaired) electrons. The number of nitrogens with one attached hydrogen (secondary N) is 1. The van der Waals surface area contributed by atoms with Crippen LogP contribution in [0.15, 0.2) is 6.33 Å². The van der Waals surface area contributed by atoms with Gasteiger partial charge in [-0.3, -0.25) is 4.68 Å². The summed E-state index contributed by atoms with van der Waals surface area (Å²) in [6, 6.07) is 0. The Kier molecular flexibility index (Phi) is 2.59. The van der Waals surface area contributed by atoms with Gasteiger partial charge in [0.1, 0.15) is 12.2 Å². The maximum atomic E-state index is 4.29. The second-order valence-corrected chi connectivity index (χ2v) is 3.64. The van der Waals surface area contributed by atoms with Gasteiger partial charge >= 0.3 is 0 Å². The number of aryl methyl sites for hydroxylation is 1. The molecule has 0 bridgehead atoms. The number of rotatable bonds is 1. The predicted octanol–water partition coefficient (Wildman–Crippen LogP) is 0.672. The summed E-state index contributed by atoms with van der Waals surface area (Å²) in [7, 11) is 1.97. The molecule has 0 saturated carbocycles. The highest BCUT2D eigenvalue weighted by atomic mass is 15.3. The Bertz CT molecular complexity index is 260. The van der Waals surface area contributed by atoms with Crippen LogP contribution in [0.3, 0.4) is 0 Å². The Hall–Kier alpha value is -0.900. The van der Waals surface area contributed by atoms with Gasteiger partial charge < -0.3 is 5.32 Å². The maximum absolute atomic E-state index is 4.29. The van der Waals surface area contributed by atoms with Gasteiger partial charge in [-0.2, -0.15) is 5.10 Å². The van der Waals surface area contributed by atoms with Crippen molar-refractivity contribution in [1.82, 2.24) is 20.1 Å². The summed E-state index contributed by atoms with van der Waals surface area (Å²) >= 11 is 0. The van der Waals surface area contributed by atoms with Crippen LogP contribution in [0.2, 0.25) is 0 Å². The molecule has 4 nitrogen and oxygen atoms in total. The van der Waals surface area contributed by atoms with E-state index in [2.05, 4.69) is 15.4 Å². The molecule has 2 heterocycles. The van der Waals surface area contributed by atoms with Crippen LogP contribution < -0.4 is 5.32 Å². The maximum Gasteiger partial charge on any atom is 0.138 e. The van der Waals surface area contributed by atoms with Crippen LogP contribution in [0.4, 0.5) is 0 Å². The zero-order chi connectivity index (χ0) is 9.10. The molecule has 1 aromatic rings. The molecule has 0 spiro atoms. The zero-order valence-electron chi connectivity index (χ0n) is 8.03. The third-order valence-electron chi connectivity index (χ3n) is 2.66. The Morgan fingerprint density at radius 1 is 1.54 bits per heavy atom. The fraction of sp³-hybridized carbons (Fsp3) is 0.778. The van der Waals surface area contributed by atoms with E-state index in [0.29, 0.717) is 5.92 Å².